The topological polar surface area (TPSA) is 49.6 Å². The second kappa shape index (κ2) is 6.73. The van der Waals surface area contributed by atoms with Crippen LogP contribution >= 0.6 is 11.8 Å². The van der Waals surface area contributed by atoms with Gasteiger partial charge in [-0.05, 0) is 63.2 Å². The number of nitrogens with zero attached hydrogens (tertiary/aromatic N) is 2. The highest BCUT2D eigenvalue weighted by molar-refractivity contribution is 7.99. The van der Waals surface area contributed by atoms with Crippen molar-refractivity contribution in [3.8, 4) is 0 Å². The van der Waals surface area contributed by atoms with Crippen molar-refractivity contribution in [3.05, 3.63) is 48.0 Å². The first kappa shape index (κ1) is 16.5. The summed E-state index contributed by atoms with van der Waals surface area (Å²) >= 11 is 1.76. The summed E-state index contributed by atoms with van der Waals surface area (Å²) < 4.78 is 0. The van der Waals surface area contributed by atoms with E-state index in [1.54, 1.807) is 11.8 Å². The Morgan fingerprint density at radius 1 is 1.12 bits per heavy atom. The predicted octanol–water partition coefficient (Wildman–Crippen LogP) is 3.87. The van der Waals surface area contributed by atoms with Crippen molar-refractivity contribution in [2.24, 2.45) is 5.73 Å². The van der Waals surface area contributed by atoms with E-state index >= 15 is 0 Å². The number of primary amides is 1. The lowest BCUT2D eigenvalue weighted by molar-refractivity contribution is 0.1000. The lowest BCUT2D eigenvalue weighted by Gasteiger charge is -2.39. The molecule has 2 aromatic carbocycles. The van der Waals surface area contributed by atoms with Gasteiger partial charge in [0.1, 0.15) is 0 Å². The standard InChI is InChI=1S/C20H23N3OS/c1-14(13-22-10-4-5-11-22)23-16-6-2-3-7-18(16)25-19-9-8-15(20(21)24)12-17(19)23/h2-3,6-9,12,14H,4-5,10-11,13H2,1H3,(H2,21,24)/t14-/m1/s1. The number of fused-ring (bicyclic) bond motifs is 2. The minimum atomic E-state index is -0.376. The molecule has 25 heavy (non-hydrogen) atoms. The first-order valence-electron chi connectivity index (χ1n) is 8.86. The number of benzene rings is 2. The summed E-state index contributed by atoms with van der Waals surface area (Å²) in [5.41, 5.74) is 8.39. The molecule has 1 atom stereocenters. The van der Waals surface area contributed by atoms with Crippen LogP contribution in [-0.2, 0) is 0 Å². The zero-order chi connectivity index (χ0) is 17.4. The molecular formula is C20H23N3OS. The van der Waals surface area contributed by atoms with E-state index in [9.17, 15) is 4.79 Å². The van der Waals surface area contributed by atoms with Crippen molar-refractivity contribution in [2.75, 3.05) is 24.5 Å². The van der Waals surface area contributed by atoms with Crippen LogP contribution in [-0.4, -0.2) is 36.5 Å². The lowest BCUT2D eigenvalue weighted by Crippen LogP contribution is -2.40. The van der Waals surface area contributed by atoms with Crippen molar-refractivity contribution >= 4 is 29.0 Å². The molecule has 0 radical (unpaired) electrons. The maximum Gasteiger partial charge on any atom is 0.248 e. The number of para-hydroxylation sites is 1. The summed E-state index contributed by atoms with van der Waals surface area (Å²) in [6, 6.07) is 14.6. The largest absolute Gasteiger partial charge is 0.366 e. The van der Waals surface area contributed by atoms with E-state index in [0.717, 1.165) is 12.2 Å². The number of nitrogens with two attached hydrogens (primary N) is 1. The first-order chi connectivity index (χ1) is 12.1. The third-order valence-corrected chi connectivity index (χ3v) is 6.14. The summed E-state index contributed by atoms with van der Waals surface area (Å²) in [5.74, 6) is -0.376. The van der Waals surface area contributed by atoms with Gasteiger partial charge in [-0.15, -0.1) is 0 Å². The van der Waals surface area contributed by atoms with E-state index in [4.69, 9.17) is 5.73 Å². The number of anilines is 2. The Labute approximate surface area is 153 Å². The average molecular weight is 353 g/mol. The maximum atomic E-state index is 11.7. The second-order valence-corrected chi connectivity index (χ2v) is 7.93. The van der Waals surface area contributed by atoms with Gasteiger partial charge in [0.25, 0.3) is 0 Å². The van der Waals surface area contributed by atoms with Gasteiger partial charge in [0.2, 0.25) is 5.91 Å². The van der Waals surface area contributed by atoms with Gasteiger partial charge in [0, 0.05) is 27.9 Å². The lowest BCUT2D eigenvalue weighted by atomic mass is 10.1. The summed E-state index contributed by atoms with van der Waals surface area (Å²) in [4.78, 5) is 19.0. The Hall–Kier alpha value is -1.98. The van der Waals surface area contributed by atoms with Crippen LogP contribution in [0.2, 0.25) is 0 Å². The molecule has 0 unspecified atom stereocenters. The van der Waals surface area contributed by atoms with E-state index in [1.165, 1.54) is 41.4 Å². The van der Waals surface area contributed by atoms with Gasteiger partial charge in [0.05, 0.1) is 11.4 Å². The molecule has 1 fully saturated rings. The molecule has 5 heteroatoms. The molecule has 4 rings (SSSR count). The van der Waals surface area contributed by atoms with Gasteiger partial charge < -0.3 is 15.5 Å². The molecule has 2 aromatic rings. The Balaban J connectivity index is 1.75. The molecule has 0 saturated carbocycles. The van der Waals surface area contributed by atoms with E-state index in [2.05, 4.69) is 41.0 Å². The van der Waals surface area contributed by atoms with Gasteiger partial charge in [0.15, 0.2) is 0 Å². The fourth-order valence-electron chi connectivity index (χ4n) is 3.83. The molecular weight excluding hydrogens is 330 g/mol. The van der Waals surface area contributed by atoms with Crippen LogP contribution in [0.25, 0.3) is 0 Å². The van der Waals surface area contributed by atoms with Crippen LogP contribution < -0.4 is 10.6 Å². The normalized spacial score (nSPS) is 17.9. The van der Waals surface area contributed by atoms with Crippen LogP contribution in [0.4, 0.5) is 11.4 Å². The van der Waals surface area contributed by atoms with Crippen LogP contribution in [0.5, 0.6) is 0 Å². The Morgan fingerprint density at radius 3 is 2.60 bits per heavy atom. The molecule has 2 aliphatic heterocycles. The van der Waals surface area contributed by atoms with E-state index in [-0.39, 0.29) is 5.91 Å². The van der Waals surface area contributed by atoms with Crippen LogP contribution in [0.1, 0.15) is 30.1 Å². The molecule has 4 nitrogen and oxygen atoms in total. The molecule has 2 N–H and O–H groups in total. The SMILES string of the molecule is C[C@H](CN1CCCC1)N1c2ccccc2Sc2ccc(C(N)=O)cc21. The molecule has 2 aliphatic rings. The molecule has 0 aromatic heterocycles. The fourth-order valence-corrected chi connectivity index (χ4v) is 4.88. The van der Waals surface area contributed by atoms with Crippen LogP contribution in [0.3, 0.4) is 0 Å². The quantitative estimate of drug-likeness (QED) is 0.906. The summed E-state index contributed by atoms with van der Waals surface area (Å²) in [6.45, 7) is 5.66. The van der Waals surface area contributed by atoms with E-state index in [0.29, 0.717) is 11.6 Å². The third-order valence-electron chi connectivity index (χ3n) is 5.01. The zero-order valence-corrected chi connectivity index (χ0v) is 15.3. The number of rotatable bonds is 4. The highest BCUT2D eigenvalue weighted by Crippen LogP contribution is 2.49. The fraction of sp³-hybridized carbons (Fsp3) is 0.350. The third kappa shape index (κ3) is 3.14. The number of likely N-dealkylation sites (tertiary alicyclic amines) is 1. The van der Waals surface area contributed by atoms with Crippen molar-refractivity contribution in [2.45, 2.75) is 35.6 Å². The van der Waals surface area contributed by atoms with Crippen molar-refractivity contribution in [3.63, 3.8) is 0 Å². The second-order valence-electron chi connectivity index (χ2n) is 6.84. The minimum Gasteiger partial charge on any atom is -0.366 e. The van der Waals surface area contributed by atoms with Gasteiger partial charge in [-0.2, -0.15) is 0 Å². The first-order valence-corrected chi connectivity index (χ1v) is 9.67. The molecule has 1 amide bonds. The van der Waals surface area contributed by atoms with Gasteiger partial charge >= 0.3 is 0 Å². The van der Waals surface area contributed by atoms with Gasteiger partial charge in [-0.3, -0.25) is 4.79 Å². The molecule has 0 spiro atoms. The predicted molar refractivity (Wildman–Crippen MR) is 103 cm³/mol. The molecule has 0 aliphatic carbocycles. The summed E-state index contributed by atoms with van der Waals surface area (Å²) in [7, 11) is 0. The van der Waals surface area contributed by atoms with E-state index < -0.39 is 0 Å². The van der Waals surface area contributed by atoms with Gasteiger partial charge in [-0.25, -0.2) is 0 Å². The van der Waals surface area contributed by atoms with Crippen LogP contribution in [0, 0.1) is 0 Å². The van der Waals surface area contributed by atoms with Crippen molar-refractivity contribution in [1.82, 2.24) is 4.90 Å². The maximum absolute atomic E-state index is 11.7. The Kier molecular flexibility index (Phi) is 4.44. The summed E-state index contributed by atoms with van der Waals surface area (Å²) in [5, 5.41) is 0. The highest BCUT2D eigenvalue weighted by atomic mass is 32.2. The molecule has 1 saturated heterocycles. The number of carbonyl (C=O) groups excluding carboxylic acids is 1. The molecule has 130 valence electrons. The highest BCUT2D eigenvalue weighted by Gasteiger charge is 2.29. The van der Waals surface area contributed by atoms with Gasteiger partial charge in [-0.1, -0.05) is 23.9 Å². The molecule has 0 bridgehead atoms. The van der Waals surface area contributed by atoms with E-state index in [1.807, 2.05) is 18.2 Å². The molecule has 2 heterocycles. The zero-order valence-electron chi connectivity index (χ0n) is 14.4. The summed E-state index contributed by atoms with van der Waals surface area (Å²) in [6.07, 6.45) is 2.59. The minimum absolute atomic E-state index is 0.321. The average Bonchev–Trinajstić information content (AvgIpc) is 3.11. The number of amides is 1. The smallest absolute Gasteiger partial charge is 0.248 e. The van der Waals surface area contributed by atoms with Crippen molar-refractivity contribution < 1.29 is 4.79 Å². The number of hydrogen-bond acceptors (Lipinski definition) is 4. The Bertz CT molecular complexity index is 801. The number of carbonyl (C=O) groups is 1. The van der Waals surface area contributed by atoms with Crippen molar-refractivity contribution in [1.29, 1.82) is 0 Å². The number of hydrogen-bond donors (Lipinski definition) is 1. The Morgan fingerprint density at radius 2 is 1.84 bits per heavy atom. The van der Waals surface area contributed by atoms with Crippen LogP contribution in [0.15, 0.2) is 52.3 Å². The monoisotopic (exact) mass is 353 g/mol.